The van der Waals surface area contributed by atoms with Crippen LogP contribution in [0.4, 0.5) is 4.39 Å². The van der Waals surface area contributed by atoms with Crippen LogP contribution in [-0.2, 0) is 6.42 Å². The van der Waals surface area contributed by atoms with Crippen molar-refractivity contribution < 1.29 is 13.6 Å². The Morgan fingerprint density at radius 2 is 1.94 bits per heavy atom. The summed E-state index contributed by atoms with van der Waals surface area (Å²) in [5.41, 5.74) is 0.979. The van der Waals surface area contributed by atoms with Crippen molar-refractivity contribution in [1.29, 1.82) is 0 Å². The number of carbonyl (C=O) groups is 1. The number of halogens is 1. The molecule has 0 unspecified atom stereocenters. The van der Waals surface area contributed by atoms with Crippen LogP contribution in [0.15, 0.2) is 40.8 Å². The zero-order valence-electron chi connectivity index (χ0n) is 10.1. The average molecular weight is 247 g/mol. The van der Waals surface area contributed by atoms with Crippen LogP contribution >= 0.6 is 0 Å². The van der Waals surface area contributed by atoms with Gasteiger partial charge < -0.3 is 9.73 Å². The summed E-state index contributed by atoms with van der Waals surface area (Å²) >= 11 is 0. The number of carbonyl (C=O) groups excluding carboxylic acids is 1. The zero-order valence-corrected chi connectivity index (χ0v) is 10.1. The molecule has 0 saturated carbocycles. The van der Waals surface area contributed by atoms with E-state index in [1.807, 2.05) is 0 Å². The first-order chi connectivity index (χ1) is 8.65. The normalized spacial score (nSPS) is 10.3. The number of amides is 1. The van der Waals surface area contributed by atoms with Gasteiger partial charge in [0.25, 0.3) is 5.91 Å². The molecule has 0 spiro atoms. The third kappa shape index (κ3) is 3.20. The molecular weight excluding hydrogens is 233 g/mol. The molecule has 1 aromatic heterocycles. The second-order valence-corrected chi connectivity index (χ2v) is 4.04. The third-order valence-corrected chi connectivity index (χ3v) is 2.58. The van der Waals surface area contributed by atoms with E-state index in [2.05, 4.69) is 5.32 Å². The number of rotatable bonds is 4. The van der Waals surface area contributed by atoms with Crippen LogP contribution in [0.2, 0.25) is 0 Å². The van der Waals surface area contributed by atoms with E-state index >= 15 is 0 Å². The van der Waals surface area contributed by atoms with Crippen LogP contribution in [0.5, 0.6) is 0 Å². The van der Waals surface area contributed by atoms with Crippen molar-refractivity contribution >= 4 is 5.91 Å². The Kier molecular flexibility index (Phi) is 3.77. The van der Waals surface area contributed by atoms with E-state index < -0.39 is 0 Å². The lowest BCUT2D eigenvalue weighted by atomic mass is 10.1. The first-order valence-electron chi connectivity index (χ1n) is 5.74. The Hall–Kier alpha value is -2.10. The molecule has 0 aliphatic heterocycles. The molecule has 3 nitrogen and oxygen atoms in total. The van der Waals surface area contributed by atoms with Gasteiger partial charge in [0, 0.05) is 6.54 Å². The van der Waals surface area contributed by atoms with Crippen molar-refractivity contribution in [3.8, 4) is 0 Å². The fraction of sp³-hybridized carbons (Fsp3) is 0.214. The lowest BCUT2D eigenvalue weighted by Gasteiger charge is -2.03. The highest BCUT2D eigenvalue weighted by atomic mass is 19.1. The van der Waals surface area contributed by atoms with E-state index in [4.69, 9.17) is 4.42 Å². The minimum atomic E-state index is -0.256. The first kappa shape index (κ1) is 12.4. The second kappa shape index (κ2) is 5.49. The summed E-state index contributed by atoms with van der Waals surface area (Å²) in [6.07, 6.45) is 0.658. The summed E-state index contributed by atoms with van der Waals surface area (Å²) in [4.78, 5) is 11.6. The smallest absolute Gasteiger partial charge is 0.287 e. The van der Waals surface area contributed by atoms with Gasteiger partial charge in [0.05, 0.1) is 0 Å². The summed E-state index contributed by atoms with van der Waals surface area (Å²) in [7, 11) is 0. The maximum atomic E-state index is 12.7. The van der Waals surface area contributed by atoms with Crippen LogP contribution in [0.3, 0.4) is 0 Å². The van der Waals surface area contributed by atoms with E-state index in [9.17, 15) is 9.18 Å². The quantitative estimate of drug-likeness (QED) is 0.902. The fourth-order valence-corrected chi connectivity index (χ4v) is 1.62. The Balaban J connectivity index is 1.82. The molecule has 1 heterocycles. The number of hydrogen-bond acceptors (Lipinski definition) is 2. The van der Waals surface area contributed by atoms with Crippen molar-refractivity contribution in [3.05, 3.63) is 59.3 Å². The van der Waals surface area contributed by atoms with Crippen LogP contribution in [0, 0.1) is 12.7 Å². The van der Waals surface area contributed by atoms with E-state index in [0.717, 1.165) is 5.56 Å². The van der Waals surface area contributed by atoms with Gasteiger partial charge in [-0.15, -0.1) is 0 Å². The molecule has 18 heavy (non-hydrogen) atoms. The maximum absolute atomic E-state index is 12.7. The first-order valence-corrected chi connectivity index (χ1v) is 5.74. The molecule has 0 radical (unpaired) electrons. The SMILES string of the molecule is Cc1ccc(C(=O)NCCc2ccc(F)cc2)o1. The van der Waals surface area contributed by atoms with Gasteiger partial charge in [0.2, 0.25) is 0 Å². The van der Waals surface area contributed by atoms with Crippen LogP contribution < -0.4 is 5.32 Å². The number of aryl methyl sites for hydroxylation is 1. The molecule has 0 fully saturated rings. The monoisotopic (exact) mass is 247 g/mol. The number of nitrogens with one attached hydrogen (secondary N) is 1. The van der Waals surface area contributed by atoms with E-state index in [-0.39, 0.29) is 11.7 Å². The van der Waals surface area contributed by atoms with Gasteiger partial charge in [-0.3, -0.25) is 4.79 Å². The Morgan fingerprint density at radius 3 is 2.56 bits per heavy atom. The van der Waals surface area contributed by atoms with Crippen molar-refractivity contribution in [3.63, 3.8) is 0 Å². The highest BCUT2D eigenvalue weighted by molar-refractivity contribution is 5.91. The molecule has 4 heteroatoms. The zero-order chi connectivity index (χ0) is 13.0. The molecule has 0 aliphatic rings. The number of hydrogen-bond donors (Lipinski definition) is 1. The minimum Gasteiger partial charge on any atom is -0.456 e. The van der Waals surface area contributed by atoms with E-state index in [0.29, 0.717) is 24.5 Å². The number of furan rings is 1. The predicted molar refractivity (Wildman–Crippen MR) is 65.9 cm³/mol. The molecule has 0 bridgehead atoms. The van der Waals surface area contributed by atoms with E-state index in [1.54, 1.807) is 31.2 Å². The summed E-state index contributed by atoms with van der Waals surface area (Å²) in [6.45, 7) is 2.28. The summed E-state index contributed by atoms with van der Waals surface area (Å²) in [5.74, 6) is 0.532. The van der Waals surface area contributed by atoms with Crippen LogP contribution in [0.25, 0.3) is 0 Å². The van der Waals surface area contributed by atoms with Gasteiger partial charge in [-0.05, 0) is 43.2 Å². The summed E-state index contributed by atoms with van der Waals surface area (Å²) < 4.78 is 17.9. The van der Waals surface area contributed by atoms with Gasteiger partial charge in [-0.25, -0.2) is 4.39 Å². The number of benzene rings is 1. The molecule has 0 aliphatic carbocycles. The predicted octanol–water partition coefficient (Wildman–Crippen LogP) is 2.70. The van der Waals surface area contributed by atoms with Gasteiger partial charge >= 0.3 is 0 Å². The molecule has 94 valence electrons. The molecular formula is C14H14FNO2. The molecule has 0 saturated heterocycles. The van der Waals surface area contributed by atoms with Crippen molar-refractivity contribution in [2.24, 2.45) is 0 Å². The molecule has 2 aromatic rings. The van der Waals surface area contributed by atoms with Gasteiger partial charge in [-0.1, -0.05) is 12.1 Å². The van der Waals surface area contributed by atoms with E-state index in [1.165, 1.54) is 12.1 Å². The topological polar surface area (TPSA) is 42.2 Å². The molecule has 1 N–H and O–H groups in total. The summed E-state index contributed by atoms with van der Waals surface area (Å²) in [6, 6.07) is 9.62. The third-order valence-electron chi connectivity index (χ3n) is 2.58. The Labute approximate surface area is 105 Å². The molecule has 1 amide bonds. The van der Waals surface area contributed by atoms with Crippen LogP contribution in [0.1, 0.15) is 21.9 Å². The highest BCUT2D eigenvalue weighted by Gasteiger charge is 2.08. The van der Waals surface area contributed by atoms with Crippen molar-refractivity contribution in [2.45, 2.75) is 13.3 Å². The van der Waals surface area contributed by atoms with Crippen molar-refractivity contribution in [1.82, 2.24) is 5.32 Å². The summed E-state index contributed by atoms with van der Waals surface area (Å²) in [5, 5.41) is 2.75. The minimum absolute atomic E-state index is 0.231. The maximum Gasteiger partial charge on any atom is 0.287 e. The van der Waals surface area contributed by atoms with Gasteiger partial charge in [-0.2, -0.15) is 0 Å². The Morgan fingerprint density at radius 1 is 1.22 bits per heavy atom. The highest BCUT2D eigenvalue weighted by Crippen LogP contribution is 2.06. The molecule has 2 rings (SSSR count). The lowest BCUT2D eigenvalue weighted by Crippen LogP contribution is -2.25. The Bertz CT molecular complexity index is 531. The average Bonchev–Trinajstić information content (AvgIpc) is 2.78. The van der Waals surface area contributed by atoms with Crippen molar-refractivity contribution in [2.75, 3.05) is 6.54 Å². The standard InChI is InChI=1S/C14H14FNO2/c1-10-2-7-13(18-10)14(17)16-9-8-11-3-5-12(15)6-4-11/h2-7H,8-9H2,1H3,(H,16,17). The van der Waals surface area contributed by atoms with Crippen LogP contribution in [-0.4, -0.2) is 12.5 Å². The lowest BCUT2D eigenvalue weighted by molar-refractivity contribution is 0.0925. The molecule has 0 atom stereocenters. The molecule has 1 aromatic carbocycles. The fourth-order valence-electron chi connectivity index (χ4n) is 1.62. The van der Waals surface area contributed by atoms with Gasteiger partial charge in [0.15, 0.2) is 5.76 Å². The van der Waals surface area contributed by atoms with Gasteiger partial charge in [0.1, 0.15) is 11.6 Å². The largest absolute Gasteiger partial charge is 0.456 e. The second-order valence-electron chi connectivity index (χ2n) is 4.04.